The summed E-state index contributed by atoms with van der Waals surface area (Å²) in [5.74, 6) is 1.35. The molecule has 3 saturated heterocycles. The van der Waals surface area contributed by atoms with E-state index < -0.39 is 9.03 Å². The maximum Gasteiger partial charge on any atom is 0.229 e. The van der Waals surface area contributed by atoms with E-state index in [4.69, 9.17) is 14.5 Å². The number of para-hydroxylation sites is 1. The first-order chi connectivity index (χ1) is 13.7. The molecule has 1 amide bonds. The van der Waals surface area contributed by atoms with Gasteiger partial charge in [0.05, 0.1) is 25.2 Å². The van der Waals surface area contributed by atoms with Crippen molar-refractivity contribution in [3.8, 4) is 0 Å². The number of nitrogens with zero attached hydrogens (tertiary/aromatic N) is 2. The van der Waals surface area contributed by atoms with Crippen molar-refractivity contribution >= 4 is 20.6 Å². The number of fused-ring (bicyclic) bond motifs is 2. The van der Waals surface area contributed by atoms with Gasteiger partial charge in [-0.15, -0.1) is 0 Å². The third-order valence-electron chi connectivity index (χ3n) is 8.22. The standard InChI is InChI=1S/C21H22N2O2.H3O2P/c24-18-10-16-19-13-9-17-21(6-7-22(17)11-12(13)5-8-25-16)14-3-1-2-4-15(14)23(18)20(19)21;1-3-2/h1-5,13,16-17,19-20H,6-11H2;1-3H/t13-,16-,17-,19-,20-,21+;/m0./s1. The van der Waals surface area contributed by atoms with E-state index in [-0.39, 0.29) is 17.4 Å². The smallest absolute Gasteiger partial charge is 0.229 e. The molecule has 6 atom stereocenters. The van der Waals surface area contributed by atoms with Gasteiger partial charge in [-0.1, -0.05) is 29.8 Å². The number of benzene rings is 1. The van der Waals surface area contributed by atoms with Crippen LogP contribution < -0.4 is 4.90 Å². The Hall–Kier alpha value is -1.30. The zero-order valence-corrected chi connectivity index (χ0v) is 16.6. The Labute approximate surface area is 166 Å². The molecule has 1 spiro atoms. The van der Waals surface area contributed by atoms with Gasteiger partial charge in [0, 0.05) is 29.6 Å². The SMILES string of the molecule is O=C1C[C@@H]2OCC=C3CN4CC[C@]56c7ccccc7N1[C@H]5[C@H]2[C@H]3C[C@H]46.OPO. The topological polar surface area (TPSA) is 73.2 Å². The molecule has 6 aliphatic rings. The largest absolute Gasteiger partial charge is 0.373 e. The van der Waals surface area contributed by atoms with Crippen LogP contribution in [0.2, 0.25) is 0 Å². The van der Waals surface area contributed by atoms with Crippen molar-refractivity contribution in [3.05, 3.63) is 41.5 Å². The molecule has 6 nitrogen and oxygen atoms in total. The van der Waals surface area contributed by atoms with Crippen molar-refractivity contribution in [2.45, 2.75) is 42.9 Å². The monoisotopic (exact) mass is 400 g/mol. The number of amides is 1. The number of rotatable bonds is 0. The average molecular weight is 400 g/mol. The number of carbonyl (C=O) groups is 1. The second kappa shape index (κ2) is 6.10. The molecule has 1 aliphatic carbocycles. The number of hydrogen-bond acceptors (Lipinski definition) is 5. The van der Waals surface area contributed by atoms with Gasteiger partial charge in [0.15, 0.2) is 0 Å². The lowest BCUT2D eigenvalue weighted by molar-refractivity contribution is -0.132. The molecule has 148 valence electrons. The van der Waals surface area contributed by atoms with Crippen molar-refractivity contribution in [1.29, 1.82) is 0 Å². The van der Waals surface area contributed by atoms with Crippen LogP contribution >= 0.6 is 9.03 Å². The van der Waals surface area contributed by atoms with Crippen LogP contribution in [-0.2, 0) is 14.9 Å². The van der Waals surface area contributed by atoms with Crippen LogP contribution in [0, 0.1) is 11.8 Å². The van der Waals surface area contributed by atoms with E-state index in [2.05, 4.69) is 40.1 Å². The minimum Gasteiger partial charge on any atom is -0.373 e. The Kier molecular flexibility index (Phi) is 3.82. The van der Waals surface area contributed by atoms with Gasteiger partial charge in [0.2, 0.25) is 5.91 Å². The van der Waals surface area contributed by atoms with Crippen molar-refractivity contribution < 1.29 is 19.3 Å². The molecule has 5 heterocycles. The molecule has 0 radical (unpaired) electrons. The Morgan fingerprint density at radius 1 is 1.25 bits per heavy atom. The summed E-state index contributed by atoms with van der Waals surface area (Å²) in [5.41, 5.74) is 4.35. The summed E-state index contributed by atoms with van der Waals surface area (Å²) in [6, 6.07) is 9.64. The first-order valence-corrected chi connectivity index (χ1v) is 11.1. The Balaban J connectivity index is 0.000000491. The lowest BCUT2D eigenvalue weighted by Gasteiger charge is -2.58. The van der Waals surface area contributed by atoms with Gasteiger partial charge in [0.25, 0.3) is 0 Å². The van der Waals surface area contributed by atoms with E-state index in [1.54, 1.807) is 5.57 Å². The van der Waals surface area contributed by atoms with E-state index in [1.165, 1.54) is 30.6 Å². The quantitative estimate of drug-likeness (QED) is 0.511. The molecule has 1 aromatic rings. The molecule has 28 heavy (non-hydrogen) atoms. The highest BCUT2D eigenvalue weighted by Gasteiger charge is 2.70. The predicted octanol–water partition coefficient (Wildman–Crippen LogP) is 1.57. The van der Waals surface area contributed by atoms with Gasteiger partial charge >= 0.3 is 0 Å². The first kappa shape index (κ1) is 17.5. The van der Waals surface area contributed by atoms with Crippen molar-refractivity contribution in [3.63, 3.8) is 0 Å². The summed E-state index contributed by atoms with van der Waals surface area (Å²) in [4.78, 5) is 32.4. The first-order valence-electron chi connectivity index (χ1n) is 10.2. The molecule has 7 rings (SSSR count). The highest BCUT2D eigenvalue weighted by molar-refractivity contribution is 7.23. The number of anilines is 1. The van der Waals surface area contributed by atoms with E-state index in [9.17, 15) is 4.79 Å². The normalized spacial score (nSPS) is 41.6. The molecule has 4 fully saturated rings. The molecule has 2 N–H and O–H groups in total. The maximum atomic E-state index is 13.2. The van der Waals surface area contributed by atoms with Crippen LogP contribution in [-0.4, -0.2) is 58.5 Å². The average Bonchev–Trinajstić information content (AvgIpc) is 3.17. The van der Waals surface area contributed by atoms with Crippen LogP contribution in [0.25, 0.3) is 0 Å². The number of piperidine rings is 2. The lowest BCUT2D eigenvalue weighted by Crippen LogP contribution is -2.69. The van der Waals surface area contributed by atoms with Crippen LogP contribution in [0.3, 0.4) is 0 Å². The summed E-state index contributed by atoms with van der Waals surface area (Å²) >= 11 is 0. The van der Waals surface area contributed by atoms with E-state index in [0.29, 0.717) is 36.9 Å². The third-order valence-corrected chi connectivity index (χ3v) is 8.22. The van der Waals surface area contributed by atoms with E-state index in [1.807, 2.05) is 0 Å². The van der Waals surface area contributed by atoms with Crippen LogP contribution in [0.1, 0.15) is 24.8 Å². The molecular formula is C21H25N2O4P. The summed E-state index contributed by atoms with van der Waals surface area (Å²) in [6.07, 6.45) is 5.43. The van der Waals surface area contributed by atoms with Crippen LogP contribution in [0.15, 0.2) is 35.9 Å². The molecular weight excluding hydrogens is 375 g/mol. The summed E-state index contributed by atoms with van der Waals surface area (Å²) < 4.78 is 6.25. The number of carbonyl (C=O) groups excluding carboxylic acids is 1. The molecule has 5 aliphatic heterocycles. The molecule has 1 aromatic carbocycles. The fourth-order valence-corrected chi connectivity index (χ4v) is 7.51. The molecule has 0 unspecified atom stereocenters. The van der Waals surface area contributed by atoms with Gasteiger partial charge in [-0.25, -0.2) is 0 Å². The predicted molar refractivity (Wildman–Crippen MR) is 106 cm³/mol. The number of hydrogen-bond donors (Lipinski definition) is 2. The second-order valence-corrected chi connectivity index (χ2v) is 9.08. The lowest BCUT2D eigenvalue weighted by atomic mass is 9.53. The van der Waals surface area contributed by atoms with Gasteiger partial charge in [-0.05, 0) is 36.9 Å². The summed E-state index contributed by atoms with van der Waals surface area (Å²) in [6.45, 7) is 2.97. The van der Waals surface area contributed by atoms with Gasteiger partial charge in [0.1, 0.15) is 9.03 Å². The fourth-order valence-electron chi connectivity index (χ4n) is 7.51. The Bertz CT molecular complexity index is 876. The molecule has 0 aromatic heterocycles. The molecule has 7 heteroatoms. The zero-order chi connectivity index (χ0) is 19.0. The maximum absolute atomic E-state index is 13.2. The highest BCUT2D eigenvalue weighted by Crippen LogP contribution is 2.65. The third kappa shape index (κ3) is 1.98. The summed E-state index contributed by atoms with van der Waals surface area (Å²) in [7, 11) is -0.917. The van der Waals surface area contributed by atoms with E-state index in [0.717, 1.165) is 6.54 Å². The molecule has 2 bridgehead atoms. The van der Waals surface area contributed by atoms with Crippen molar-refractivity contribution in [2.24, 2.45) is 11.8 Å². The van der Waals surface area contributed by atoms with Gasteiger partial charge in [-0.3, -0.25) is 9.69 Å². The Morgan fingerprint density at radius 3 is 2.93 bits per heavy atom. The van der Waals surface area contributed by atoms with Crippen molar-refractivity contribution in [1.82, 2.24) is 4.90 Å². The zero-order valence-electron chi connectivity index (χ0n) is 15.6. The second-order valence-electron chi connectivity index (χ2n) is 8.88. The Morgan fingerprint density at radius 2 is 2.07 bits per heavy atom. The van der Waals surface area contributed by atoms with Crippen molar-refractivity contribution in [2.75, 3.05) is 24.6 Å². The number of ether oxygens (including phenoxy) is 1. The van der Waals surface area contributed by atoms with E-state index >= 15 is 0 Å². The van der Waals surface area contributed by atoms with Gasteiger partial charge in [-0.2, -0.15) is 0 Å². The fraction of sp³-hybridized carbons (Fsp3) is 0.571. The molecule has 1 saturated carbocycles. The summed E-state index contributed by atoms with van der Waals surface area (Å²) in [5, 5.41) is 0. The van der Waals surface area contributed by atoms with Crippen LogP contribution in [0.5, 0.6) is 0 Å². The minimum atomic E-state index is -0.917. The minimum absolute atomic E-state index is 0.104. The highest BCUT2D eigenvalue weighted by atomic mass is 31.1. The van der Waals surface area contributed by atoms with Gasteiger partial charge < -0.3 is 19.4 Å². The van der Waals surface area contributed by atoms with Crippen LogP contribution in [0.4, 0.5) is 5.69 Å².